The predicted molar refractivity (Wildman–Crippen MR) is 128 cm³/mol. The Morgan fingerprint density at radius 1 is 1.16 bits per heavy atom. The van der Waals surface area contributed by atoms with E-state index in [0.717, 1.165) is 60.8 Å². The van der Waals surface area contributed by atoms with Crippen molar-refractivity contribution in [2.24, 2.45) is 5.92 Å². The van der Waals surface area contributed by atoms with Gasteiger partial charge in [0.25, 0.3) is 0 Å². The van der Waals surface area contributed by atoms with Crippen LogP contribution in [0.1, 0.15) is 18.4 Å². The van der Waals surface area contributed by atoms with E-state index in [2.05, 4.69) is 16.9 Å². The lowest BCUT2D eigenvalue weighted by molar-refractivity contribution is -0.127. The van der Waals surface area contributed by atoms with Gasteiger partial charge in [-0.2, -0.15) is 0 Å². The highest BCUT2D eigenvalue weighted by atomic mass is 16.5. The van der Waals surface area contributed by atoms with Gasteiger partial charge in [0.1, 0.15) is 17.3 Å². The highest BCUT2D eigenvalue weighted by Crippen LogP contribution is 2.31. The summed E-state index contributed by atoms with van der Waals surface area (Å²) in [5.41, 5.74) is 9.04. The zero-order valence-electron chi connectivity index (χ0n) is 18.0. The Kier molecular flexibility index (Phi) is 6.70. The van der Waals surface area contributed by atoms with E-state index in [4.69, 9.17) is 10.5 Å². The molecule has 2 aromatic carbocycles. The molecule has 0 aliphatic carbocycles. The number of para-hydroxylation sites is 1. The number of hydrogen-bond acceptors (Lipinski definition) is 5. The highest BCUT2D eigenvalue weighted by Gasteiger charge is 2.23. The molecule has 4 rings (SSSR count). The van der Waals surface area contributed by atoms with Gasteiger partial charge < -0.3 is 20.7 Å². The first kappa shape index (κ1) is 21.4. The van der Waals surface area contributed by atoms with E-state index in [0.29, 0.717) is 11.7 Å². The lowest BCUT2D eigenvalue weighted by atomic mass is 9.90. The van der Waals surface area contributed by atoms with Crippen molar-refractivity contribution in [1.29, 1.82) is 0 Å². The summed E-state index contributed by atoms with van der Waals surface area (Å²) in [6.45, 7) is 5.14. The number of nitrogens with one attached hydrogen (secondary N) is 1. The Balaban J connectivity index is 1.46. The molecule has 1 aromatic heterocycles. The third kappa shape index (κ3) is 5.27. The SMILES string of the molecule is C=CC(=O)N1CCC[C@@H](Cc2ccnc(N)c2Nc2ccc(Oc3ccccc3)cc2)C1. The van der Waals surface area contributed by atoms with Crippen molar-refractivity contribution in [1.82, 2.24) is 9.88 Å². The van der Waals surface area contributed by atoms with Gasteiger partial charge in [-0.15, -0.1) is 0 Å². The predicted octanol–water partition coefficient (Wildman–Crippen LogP) is 5.17. The van der Waals surface area contributed by atoms with Crippen LogP contribution < -0.4 is 15.8 Å². The fraction of sp³-hybridized carbons (Fsp3) is 0.231. The molecule has 0 bridgehead atoms. The van der Waals surface area contributed by atoms with Crippen LogP contribution >= 0.6 is 0 Å². The van der Waals surface area contributed by atoms with Crippen LogP contribution in [0.25, 0.3) is 0 Å². The van der Waals surface area contributed by atoms with Crippen molar-refractivity contribution < 1.29 is 9.53 Å². The maximum Gasteiger partial charge on any atom is 0.245 e. The second-order valence-electron chi connectivity index (χ2n) is 8.00. The Labute approximate surface area is 188 Å². The van der Waals surface area contributed by atoms with Crippen molar-refractivity contribution in [3.8, 4) is 11.5 Å². The fourth-order valence-electron chi connectivity index (χ4n) is 4.08. The maximum atomic E-state index is 12.0. The topological polar surface area (TPSA) is 80.5 Å². The second kappa shape index (κ2) is 10.0. The number of carbonyl (C=O) groups is 1. The number of aromatic nitrogens is 1. The van der Waals surface area contributed by atoms with Gasteiger partial charge in [0.15, 0.2) is 0 Å². The van der Waals surface area contributed by atoms with Gasteiger partial charge in [-0.25, -0.2) is 4.98 Å². The van der Waals surface area contributed by atoms with Crippen molar-refractivity contribution in [2.75, 3.05) is 24.1 Å². The third-order valence-corrected chi connectivity index (χ3v) is 5.68. The van der Waals surface area contributed by atoms with Crippen molar-refractivity contribution in [3.05, 3.63) is 85.1 Å². The number of anilines is 3. The molecular formula is C26H28N4O2. The summed E-state index contributed by atoms with van der Waals surface area (Å²) < 4.78 is 5.87. The number of hydrogen-bond donors (Lipinski definition) is 2. The van der Waals surface area contributed by atoms with Crippen molar-refractivity contribution in [3.63, 3.8) is 0 Å². The monoisotopic (exact) mass is 428 g/mol. The summed E-state index contributed by atoms with van der Waals surface area (Å²) in [5.74, 6) is 2.39. The molecule has 1 fully saturated rings. The highest BCUT2D eigenvalue weighted by molar-refractivity contribution is 5.87. The largest absolute Gasteiger partial charge is 0.457 e. The summed E-state index contributed by atoms with van der Waals surface area (Å²) in [6.07, 6.45) is 6.03. The minimum absolute atomic E-state index is 0.0000945. The summed E-state index contributed by atoms with van der Waals surface area (Å²) in [6, 6.07) is 19.4. The summed E-state index contributed by atoms with van der Waals surface area (Å²) in [4.78, 5) is 18.2. The van der Waals surface area contributed by atoms with E-state index < -0.39 is 0 Å². The number of rotatable bonds is 7. The molecule has 3 N–H and O–H groups in total. The normalized spacial score (nSPS) is 15.8. The van der Waals surface area contributed by atoms with Crippen LogP contribution in [0.2, 0.25) is 0 Å². The summed E-state index contributed by atoms with van der Waals surface area (Å²) in [7, 11) is 0. The van der Waals surface area contributed by atoms with Crippen molar-refractivity contribution >= 4 is 23.1 Å². The molecule has 164 valence electrons. The molecule has 0 radical (unpaired) electrons. The first-order valence-corrected chi connectivity index (χ1v) is 10.9. The standard InChI is InChI=1S/C26H28N4O2/c1-2-24(31)30-16-6-7-19(18-30)17-20-14-15-28-26(27)25(20)29-21-10-12-23(13-11-21)32-22-8-4-3-5-9-22/h2-5,8-15,19,29H,1,6-7,16-18H2,(H2,27,28)/t19-/m0/s1. The van der Waals surface area contributed by atoms with Gasteiger partial charge in [0.2, 0.25) is 5.91 Å². The third-order valence-electron chi connectivity index (χ3n) is 5.68. The number of piperidine rings is 1. The lowest BCUT2D eigenvalue weighted by Crippen LogP contribution is -2.39. The minimum atomic E-state index is 0.0000945. The molecule has 6 heteroatoms. The number of likely N-dealkylation sites (tertiary alicyclic amines) is 1. The number of amides is 1. The Hall–Kier alpha value is -3.80. The zero-order valence-corrected chi connectivity index (χ0v) is 18.0. The van der Waals surface area contributed by atoms with E-state index in [1.807, 2.05) is 65.6 Å². The molecule has 0 unspecified atom stereocenters. The van der Waals surface area contributed by atoms with E-state index in [1.165, 1.54) is 6.08 Å². The molecule has 1 aliphatic rings. The van der Waals surface area contributed by atoms with Gasteiger partial charge in [0.05, 0.1) is 5.69 Å². The minimum Gasteiger partial charge on any atom is -0.457 e. The Morgan fingerprint density at radius 3 is 2.66 bits per heavy atom. The lowest BCUT2D eigenvalue weighted by Gasteiger charge is -2.32. The smallest absolute Gasteiger partial charge is 0.245 e. The van der Waals surface area contributed by atoms with Crippen LogP contribution in [0.3, 0.4) is 0 Å². The average molecular weight is 429 g/mol. The second-order valence-corrected chi connectivity index (χ2v) is 8.00. The quantitative estimate of drug-likeness (QED) is 0.508. The molecular weight excluding hydrogens is 400 g/mol. The van der Waals surface area contributed by atoms with Gasteiger partial charge >= 0.3 is 0 Å². The molecule has 0 saturated carbocycles. The molecule has 0 spiro atoms. The van der Waals surface area contributed by atoms with Crippen LogP contribution in [0.5, 0.6) is 11.5 Å². The van der Waals surface area contributed by atoms with Crippen LogP contribution in [0.15, 0.2) is 79.5 Å². The number of pyridine rings is 1. The number of nitrogen functional groups attached to an aromatic ring is 1. The van der Waals surface area contributed by atoms with E-state index in [9.17, 15) is 4.79 Å². The first-order valence-electron chi connectivity index (χ1n) is 10.9. The van der Waals surface area contributed by atoms with Crippen LogP contribution in [-0.4, -0.2) is 28.9 Å². The molecule has 32 heavy (non-hydrogen) atoms. The van der Waals surface area contributed by atoms with E-state index in [1.54, 1.807) is 6.20 Å². The van der Waals surface area contributed by atoms with Crippen molar-refractivity contribution in [2.45, 2.75) is 19.3 Å². The fourth-order valence-corrected chi connectivity index (χ4v) is 4.08. The Bertz CT molecular complexity index is 1070. The Morgan fingerprint density at radius 2 is 1.91 bits per heavy atom. The van der Waals surface area contributed by atoms with Gasteiger partial charge in [-0.05, 0) is 79.3 Å². The van der Waals surface area contributed by atoms with Gasteiger partial charge in [-0.1, -0.05) is 24.8 Å². The van der Waals surface area contributed by atoms with Crippen LogP contribution in [0, 0.1) is 5.92 Å². The maximum absolute atomic E-state index is 12.0. The zero-order chi connectivity index (χ0) is 22.3. The van der Waals surface area contributed by atoms with Gasteiger partial charge in [0, 0.05) is 25.0 Å². The van der Waals surface area contributed by atoms with Gasteiger partial charge in [-0.3, -0.25) is 4.79 Å². The molecule has 2 heterocycles. The summed E-state index contributed by atoms with van der Waals surface area (Å²) in [5, 5.41) is 3.43. The molecule has 1 atom stereocenters. The number of nitrogens with two attached hydrogens (primary N) is 1. The molecule has 1 amide bonds. The number of carbonyl (C=O) groups excluding carboxylic acids is 1. The number of benzene rings is 2. The average Bonchev–Trinajstić information content (AvgIpc) is 2.83. The first-order chi connectivity index (χ1) is 15.6. The van der Waals surface area contributed by atoms with E-state index >= 15 is 0 Å². The molecule has 1 aliphatic heterocycles. The number of ether oxygens (including phenoxy) is 1. The van der Waals surface area contributed by atoms with Crippen LogP contribution in [0.4, 0.5) is 17.2 Å². The molecule has 6 nitrogen and oxygen atoms in total. The molecule has 1 saturated heterocycles. The number of nitrogens with zero attached hydrogens (tertiary/aromatic N) is 2. The van der Waals surface area contributed by atoms with E-state index in [-0.39, 0.29) is 5.91 Å². The van der Waals surface area contributed by atoms with Crippen LogP contribution in [-0.2, 0) is 11.2 Å². The summed E-state index contributed by atoms with van der Waals surface area (Å²) >= 11 is 0. The molecule has 3 aromatic rings.